The lowest BCUT2D eigenvalue weighted by molar-refractivity contribution is -0.114. The molecule has 208 valence electrons. The van der Waals surface area contributed by atoms with Crippen molar-refractivity contribution in [1.82, 2.24) is 14.5 Å². The number of nitrogens with zero attached hydrogens (tertiary/aromatic N) is 4. The topological polar surface area (TPSA) is 93.4 Å². The number of pyridine rings is 1. The van der Waals surface area contributed by atoms with E-state index in [1.807, 2.05) is 67.7 Å². The lowest BCUT2D eigenvalue weighted by Gasteiger charge is -2.25. The number of carbonyl (C=O) groups excluding carboxylic acids is 1. The number of para-hydroxylation sites is 2. The molecule has 8 nitrogen and oxygen atoms in total. The second-order valence-corrected chi connectivity index (χ2v) is 10.6. The van der Waals surface area contributed by atoms with Crippen LogP contribution in [0.4, 0.5) is 17.1 Å². The zero-order valence-corrected chi connectivity index (χ0v) is 23.6. The van der Waals surface area contributed by atoms with Gasteiger partial charge in [-0.3, -0.25) is 14.8 Å². The Bertz CT molecular complexity index is 1720. The van der Waals surface area contributed by atoms with Crippen molar-refractivity contribution in [1.29, 1.82) is 0 Å². The highest BCUT2D eigenvalue weighted by atomic mass is 16.5. The molecule has 0 bridgehead atoms. The Morgan fingerprint density at radius 3 is 2.44 bits per heavy atom. The van der Waals surface area contributed by atoms with Crippen molar-refractivity contribution in [2.24, 2.45) is 4.99 Å². The molecule has 3 aromatic rings. The summed E-state index contributed by atoms with van der Waals surface area (Å²) in [5.41, 5.74) is 8.16. The molecule has 2 aromatic carbocycles. The summed E-state index contributed by atoms with van der Waals surface area (Å²) in [5, 5.41) is 7.31. The number of methoxy groups -OCH3 is 1. The van der Waals surface area contributed by atoms with E-state index in [1.54, 1.807) is 7.11 Å². The monoisotopic (exact) mass is 546 g/mol. The second kappa shape index (κ2) is 11.5. The van der Waals surface area contributed by atoms with Gasteiger partial charge in [0.2, 0.25) is 5.91 Å². The van der Waals surface area contributed by atoms with Crippen molar-refractivity contribution in [2.45, 2.75) is 51.7 Å². The number of anilines is 3. The van der Waals surface area contributed by atoms with Gasteiger partial charge >= 0.3 is 0 Å². The lowest BCUT2D eigenvalue weighted by Crippen LogP contribution is -2.25. The zero-order chi connectivity index (χ0) is 28.3. The summed E-state index contributed by atoms with van der Waals surface area (Å²) >= 11 is 0. The highest BCUT2D eigenvalue weighted by Gasteiger charge is 2.21. The van der Waals surface area contributed by atoms with Gasteiger partial charge in [-0.15, -0.1) is 0 Å². The summed E-state index contributed by atoms with van der Waals surface area (Å²) in [6, 6.07) is 24.5. The number of hydrogen-bond acceptors (Lipinski definition) is 6. The number of carbonyl (C=O) groups is 1. The fourth-order valence-corrected chi connectivity index (χ4v) is 5.53. The first-order valence-corrected chi connectivity index (χ1v) is 14.1. The summed E-state index contributed by atoms with van der Waals surface area (Å²) in [7, 11) is 1.79. The van der Waals surface area contributed by atoms with Crippen LogP contribution in [0.3, 0.4) is 0 Å². The van der Waals surface area contributed by atoms with E-state index in [-0.39, 0.29) is 11.9 Å². The van der Waals surface area contributed by atoms with Crippen molar-refractivity contribution >= 4 is 34.0 Å². The van der Waals surface area contributed by atoms with Crippen molar-refractivity contribution < 1.29 is 9.53 Å². The minimum atomic E-state index is -0.0974. The SMILES string of the molecule is COC1CCC(/N=c2\cc3n(-c4ccc(NC(C)=O)cc4)c4ccccc4nc-3cc2Nc2ccc(C)nc2)CC1. The van der Waals surface area contributed by atoms with E-state index in [0.717, 1.165) is 81.9 Å². The first kappa shape index (κ1) is 26.7. The first-order valence-electron chi connectivity index (χ1n) is 14.1. The van der Waals surface area contributed by atoms with Crippen LogP contribution in [0.2, 0.25) is 0 Å². The van der Waals surface area contributed by atoms with Gasteiger partial charge in [-0.1, -0.05) is 12.1 Å². The molecule has 8 heteroatoms. The lowest BCUT2D eigenvalue weighted by atomic mass is 9.93. The number of hydrogen-bond donors (Lipinski definition) is 2. The Kier molecular flexibility index (Phi) is 7.48. The molecule has 1 fully saturated rings. The van der Waals surface area contributed by atoms with E-state index in [4.69, 9.17) is 14.7 Å². The highest BCUT2D eigenvalue weighted by molar-refractivity contribution is 5.89. The van der Waals surface area contributed by atoms with E-state index in [2.05, 4.69) is 38.4 Å². The smallest absolute Gasteiger partial charge is 0.221 e. The number of aryl methyl sites for hydroxylation is 1. The van der Waals surface area contributed by atoms with E-state index in [1.165, 1.54) is 6.92 Å². The number of fused-ring (bicyclic) bond motifs is 2. The molecule has 1 aliphatic heterocycles. The second-order valence-electron chi connectivity index (χ2n) is 10.6. The Hall–Kier alpha value is -4.56. The summed E-state index contributed by atoms with van der Waals surface area (Å²) in [5.74, 6) is -0.0974. The fourth-order valence-electron chi connectivity index (χ4n) is 5.53. The molecule has 2 heterocycles. The first-order chi connectivity index (χ1) is 20.0. The van der Waals surface area contributed by atoms with Gasteiger partial charge in [0.05, 0.1) is 57.5 Å². The highest BCUT2D eigenvalue weighted by Crippen LogP contribution is 2.31. The number of rotatable bonds is 6. The van der Waals surface area contributed by atoms with E-state index in [0.29, 0.717) is 6.10 Å². The third-order valence-electron chi connectivity index (χ3n) is 7.63. The maximum atomic E-state index is 11.6. The van der Waals surface area contributed by atoms with Crippen LogP contribution < -0.4 is 16.0 Å². The van der Waals surface area contributed by atoms with Gasteiger partial charge in [0, 0.05) is 31.1 Å². The Morgan fingerprint density at radius 2 is 1.73 bits per heavy atom. The van der Waals surface area contributed by atoms with Gasteiger partial charge < -0.3 is 19.9 Å². The van der Waals surface area contributed by atoms with Crippen LogP contribution in [0.1, 0.15) is 38.3 Å². The molecule has 0 unspecified atom stereocenters. The average Bonchev–Trinajstić information content (AvgIpc) is 2.98. The maximum Gasteiger partial charge on any atom is 0.221 e. The summed E-state index contributed by atoms with van der Waals surface area (Å²) in [6.45, 7) is 3.49. The van der Waals surface area contributed by atoms with Crippen LogP contribution in [0.25, 0.3) is 28.1 Å². The molecule has 3 aliphatic rings. The predicted octanol–water partition coefficient (Wildman–Crippen LogP) is 6.39. The Balaban J connectivity index is 1.54. The minimum absolute atomic E-state index is 0.0974. The normalized spacial score (nSPS) is 17.6. The molecule has 1 amide bonds. The standard InChI is InChI=1S/C33H34N6O2/c1-21-8-9-25(20-34-21)37-29-18-31-33(19-30(29)36-24-12-16-27(41-3)17-13-24)39(32-7-5-4-6-28(32)38-31)26-14-10-23(11-15-26)35-22(2)40/h4-11,14-15,18-20,24,27,37H,12-13,16-17H2,1-3H3,(H,35,40)/b36-30+. The van der Waals surface area contributed by atoms with Gasteiger partial charge in [0.15, 0.2) is 0 Å². The predicted molar refractivity (Wildman–Crippen MR) is 163 cm³/mol. The van der Waals surface area contributed by atoms with Crippen LogP contribution in [0.15, 0.2) is 84.0 Å². The fraction of sp³-hybridized carbons (Fsp3) is 0.273. The molecule has 2 aliphatic carbocycles. The van der Waals surface area contributed by atoms with E-state index < -0.39 is 0 Å². The van der Waals surface area contributed by atoms with E-state index >= 15 is 0 Å². The van der Waals surface area contributed by atoms with Crippen LogP contribution in [-0.2, 0) is 9.53 Å². The molecule has 0 saturated heterocycles. The van der Waals surface area contributed by atoms with Crippen LogP contribution in [-0.4, -0.2) is 39.7 Å². The third-order valence-corrected chi connectivity index (χ3v) is 7.63. The number of amides is 1. The summed E-state index contributed by atoms with van der Waals surface area (Å²) in [6.07, 6.45) is 6.15. The average molecular weight is 547 g/mol. The van der Waals surface area contributed by atoms with Gasteiger partial charge in [0.1, 0.15) is 0 Å². The van der Waals surface area contributed by atoms with Crippen molar-refractivity contribution in [3.05, 3.63) is 90.0 Å². The number of ether oxygens (including phenoxy) is 1. The Morgan fingerprint density at radius 1 is 0.976 bits per heavy atom. The maximum absolute atomic E-state index is 11.6. The van der Waals surface area contributed by atoms with Crippen LogP contribution in [0, 0.1) is 6.92 Å². The molecule has 0 spiro atoms. The Labute approximate surface area is 239 Å². The third kappa shape index (κ3) is 5.83. The van der Waals surface area contributed by atoms with Gasteiger partial charge in [-0.25, -0.2) is 4.98 Å². The number of benzene rings is 3. The van der Waals surface area contributed by atoms with Crippen molar-refractivity contribution in [3.8, 4) is 17.1 Å². The zero-order valence-electron chi connectivity index (χ0n) is 23.6. The molecule has 0 atom stereocenters. The van der Waals surface area contributed by atoms with E-state index in [9.17, 15) is 4.79 Å². The molecular formula is C33H34N6O2. The minimum Gasteiger partial charge on any atom is -0.381 e. The van der Waals surface area contributed by atoms with Crippen molar-refractivity contribution in [2.75, 3.05) is 17.7 Å². The van der Waals surface area contributed by atoms with Gasteiger partial charge in [-0.05, 0) is 93.3 Å². The molecule has 1 saturated carbocycles. The van der Waals surface area contributed by atoms with Crippen molar-refractivity contribution in [3.63, 3.8) is 0 Å². The van der Waals surface area contributed by atoms with Gasteiger partial charge in [-0.2, -0.15) is 0 Å². The molecule has 2 N–H and O–H groups in total. The molecule has 41 heavy (non-hydrogen) atoms. The quantitative estimate of drug-likeness (QED) is 0.241. The molecule has 1 aromatic heterocycles. The molecular weight excluding hydrogens is 512 g/mol. The number of aromatic nitrogens is 3. The molecule has 0 radical (unpaired) electrons. The summed E-state index contributed by atoms with van der Waals surface area (Å²) < 4.78 is 7.81. The molecule has 6 rings (SSSR count). The van der Waals surface area contributed by atoms with Crippen LogP contribution in [0.5, 0.6) is 0 Å². The largest absolute Gasteiger partial charge is 0.381 e. The van der Waals surface area contributed by atoms with Crippen LogP contribution >= 0.6 is 0 Å². The van der Waals surface area contributed by atoms with Gasteiger partial charge in [0.25, 0.3) is 0 Å². The summed E-state index contributed by atoms with van der Waals surface area (Å²) in [4.78, 5) is 26.4. The number of nitrogens with one attached hydrogen (secondary N) is 2.